The molecule has 1 aromatic rings. The summed E-state index contributed by atoms with van der Waals surface area (Å²) < 4.78 is 0. The van der Waals surface area contributed by atoms with Crippen molar-refractivity contribution in [2.24, 2.45) is 5.92 Å². The van der Waals surface area contributed by atoms with Gasteiger partial charge in [0.25, 0.3) is 5.91 Å². The molecular weight excluding hydrogens is 264 g/mol. The average molecular weight is 286 g/mol. The number of amides is 1. The number of nitrogens with zero attached hydrogens (tertiary/aromatic N) is 2. The molecule has 7 heteroatoms. The second-order valence-electron chi connectivity index (χ2n) is 4.60. The van der Waals surface area contributed by atoms with E-state index in [0.717, 1.165) is 6.42 Å². The molecule has 0 aliphatic carbocycles. The van der Waals surface area contributed by atoms with E-state index >= 15 is 0 Å². The Balaban J connectivity index is 2.63. The van der Waals surface area contributed by atoms with Crippen molar-refractivity contribution in [1.29, 1.82) is 0 Å². The van der Waals surface area contributed by atoms with Crippen LogP contribution >= 0.6 is 11.3 Å². The molecule has 0 fully saturated rings. The molecule has 0 aliphatic rings. The minimum atomic E-state index is -0.195. The van der Waals surface area contributed by atoms with Gasteiger partial charge < -0.3 is 21.1 Å². The van der Waals surface area contributed by atoms with Crippen LogP contribution in [0.5, 0.6) is 0 Å². The fourth-order valence-corrected chi connectivity index (χ4v) is 2.45. The number of rotatable bonds is 7. The number of hydrogen-bond donors (Lipinski definition) is 3. The monoisotopic (exact) mass is 286 g/mol. The zero-order valence-corrected chi connectivity index (χ0v) is 12.5. The van der Waals surface area contributed by atoms with Gasteiger partial charge in [-0.3, -0.25) is 4.79 Å². The third-order valence-corrected chi connectivity index (χ3v) is 4.13. The first-order valence-corrected chi connectivity index (χ1v) is 7.13. The summed E-state index contributed by atoms with van der Waals surface area (Å²) in [6.45, 7) is 2.73. The third-order valence-electron chi connectivity index (χ3n) is 2.90. The van der Waals surface area contributed by atoms with Crippen molar-refractivity contribution >= 4 is 28.2 Å². The number of aromatic nitrogens is 1. The van der Waals surface area contributed by atoms with E-state index in [1.165, 1.54) is 11.3 Å². The second kappa shape index (κ2) is 7.30. The van der Waals surface area contributed by atoms with Gasteiger partial charge in [-0.2, -0.15) is 0 Å². The van der Waals surface area contributed by atoms with Crippen LogP contribution in [0.4, 0.5) is 10.9 Å². The molecule has 0 aromatic carbocycles. The summed E-state index contributed by atoms with van der Waals surface area (Å²) in [6.07, 6.45) is 1.61. The largest absolute Gasteiger partial charge is 0.396 e. The molecule has 1 unspecified atom stereocenters. The number of thiazole rings is 1. The molecule has 0 saturated heterocycles. The summed E-state index contributed by atoms with van der Waals surface area (Å²) in [6, 6.07) is 0. The molecule has 0 aliphatic heterocycles. The van der Waals surface area contributed by atoms with E-state index in [0.29, 0.717) is 23.0 Å². The molecule has 0 radical (unpaired) electrons. The number of carbonyl (C=O) groups is 1. The van der Waals surface area contributed by atoms with Gasteiger partial charge in [-0.15, -0.1) is 0 Å². The molecule has 108 valence electrons. The van der Waals surface area contributed by atoms with Gasteiger partial charge in [0, 0.05) is 27.2 Å². The van der Waals surface area contributed by atoms with E-state index in [1.807, 2.05) is 25.9 Å². The Hall–Kier alpha value is -1.34. The highest BCUT2D eigenvalue weighted by atomic mass is 32.1. The number of aliphatic hydroxyl groups excluding tert-OH is 1. The van der Waals surface area contributed by atoms with Crippen molar-refractivity contribution in [2.45, 2.75) is 19.8 Å². The number of anilines is 2. The average Bonchev–Trinajstić information content (AvgIpc) is 2.76. The second-order valence-corrected chi connectivity index (χ2v) is 5.58. The van der Waals surface area contributed by atoms with Crippen molar-refractivity contribution in [1.82, 2.24) is 10.3 Å². The van der Waals surface area contributed by atoms with Gasteiger partial charge in [-0.25, -0.2) is 4.98 Å². The van der Waals surface area contributed by atoms with Crippen LogP contribution in [0.15, 0.2) is 0 Å². The maximum absolute atomic E-state index is 12.0. The van der Waals surface area contributed by atoms with Gasteiger partial charge in [0.15, 0.2) is 5.13 Å². The lowest BCUT2D eigenvalue weighted by atomic mass is 10.0. The van der Waals surface area contributed by atoms with Crippen molar-refractivity contribution in [3.05, 3.63) is 4.88 Å². The molecule has 0 spiro atoms. The Morgan fingerprint density at radius 1 is 1.58 bits per heavy atom. The first-order chi connectivity index (χ1) is 8.99. The summed E-state index contributed by atoms with van der Waals surface area (Å²) in [5.74, 6) is 0.359. The fraction of sp³-hybridized carbons (Fsp3) is 0.667. The van der Waals surface area contributed by atoms with E-state index in [4.69, 9.17) is 10.8 Å². The van der Waals surface area contributed by atoms with Crippen molar-refractivity contribution < 1.29 is 9.90 Å². The Morgan fingerprint density at radius 2 is 2.26 bits per heavy atom. The zero-order chi connectivity index (χ0) is 14.4. The van der Waals surface area contributed by atoms with Gasteiger partial charge in [-0.1, -0.05) is 24.7 Å². The number of aliphatic hydroxyl groups is 1. The van der Waals surface area contributed by atoms with Crippen LogP contribution in [0, 0.1) is 5.92 Å². The van der Waals surface area contributed by atoms with Crippen LogP contribution < -0.4 is 16.0 Å². The van der Waals surface area contributed by atoms with Gasteiger partial charge in [0.2, 0.25) is 0 Å². The van der Waals surface area contributed by atoms with Crippen LogP contribution in [-0.4, -0.2) is 43.2 Å². The van der Waals surface area contributed by atoms with Crippen LogP contribution in [0.3, 0.4) is 0 Å². The van der Waals surface area contributed by atoms with Crippen molar-refractivity contribution in [3.63, 3.8) is 0 Å². The molecular formula is C12H22N4O2S. The molecule has 1 aromatic heterocycles. The highest BCUT2D eigenvalue weighted by Gasteiger charge is 2.17. The maximum Gasteiger partial charge on any atom is 0.265 e. The van der Waals surface area contributed by atoms with Gasteiger partial charge >= 0.3 is 0 Å². The van der Waals surface area contributed by atoms with E-state index in [-0.39, 0.29) is 24.2 Å². The maximum atomic E-state index is 12.0. The van der Waals surface area contributed by atoms with Gasteiger partial charge in [0.05, 0.1) is 0 Å². The molecule has 4 N–H and O–H groups in total. The smallest absolute Gasteiger partial charge is 0.265 e. The summed E-state index contributed by atoms with van der Waals surface area (Å²) in [5.41, 5.74) is 5.75. The highest BCUT2D eigenvalue weighted by Crippen LogP contribution is 2.26. The zero-order valence-electron chi connectivity index (χ0n) is 11.6. The van der Waals surface area contributed by atoms with E-state index in [9.17, 15) is 4.79 Å². The molecule has 1 rings (SSSR count). The van der Waals surface area contributed by atoms with Gasteiger partial charge in [-0.05, 0) is 12.3 Å². The number of nitrogens with two attached hydrogens (primary N) is 1. The lowest BCUT2D eigenvalue weighted by Crippen LogP contribution is -2.29. The third kappa shape index (κ3) is 4.36. The molecule has 6 nitrogen and oxygen atoms in total. The number of hydrogen-bond acceptors (Lipinski definition) is 6. The lowest BCUT2D eigenvalue weighted by Gasteiger charge is -2.13. The molecule has 19 heavy (non-hydrogen) atoms. The van der Waals surface area contributed by atoms with Crippen LogP contribution in [0.25, 0.3) is 0 Å². The van der Waals surface area contributed by atoms with E-state index < -0.39 is 0 Å². The summed E-state index contributed by atoms with van der Waals surface area (Å²) in [7, 11) is 3.71. The topological polar surface area (TPSA) is 91.5 Å². The van der Waals surface area contributed by atoms with Gasteiger partial charge in [0.1, 0.15) is 10.7 Å². The summed E-state index contributed by atoms with van der Waals surface area (Å²) in [4.78, 5) is 18.4. The Morgan fingerprint density at radius 3 is 2.74 bits per heavy atom. The highest BCUT2D eigenvalue weighted by molar-refractivity contribution is 7.18. The Labute approximate surface area is 117 Å². The van der Waals surface area contributed by atoms with Crippen molar-refractivity contribution in [2.75, 3.05) is 37.9 Å². The minimum absolute atomic E-state index is 0.141. The SMILES string of the molecule is CCC(CCO)CNC(=O)c1sc(N(C)C)nc1N. The quantitative estimate of drug-likeness (QED) is 0.693. The predicted molar refractivity (Wildman–Crippen MR) is 78.7 cm³/mol. The van der Waals surface area contributed by atoms with Crippen LogP contribution in [-0.2, 0) is 0 Å². The lowest BCUT2D eigenvalue weighted by molar-refractivity contribution is 0.0948. The molecule has 1 atom stereocenters. The fourth-order valence-electron chi connectivity index (χ4n) is 1.62. The van der Waals surface area contributed by atoms with Crippen LogP contribution in [0.2, 0.25) is 0 Å². The number of nitrogens with one attached hydrogen (secondary N) is 1. The first kappa shape index (κ1) is 15.7. The molecule has 1 amide bonds. The molecule has 0 saturated carbocycles. The number of nitrogen functional groups attached to an aromatic ring is 1. The van der Waals surface area contributed by atoms with Crippen LogP contribution in [0.1, 0.15) is 29.4 Å². The predicted octanol–water partition coefficient (Wildman–Crippen LogP) is 0.930. The standard InChI is InChI=1S/C12H22N4O2S/c1-4-8(5-6-17)7-14-11(18)9-10(13)15-12(19-9)16(2)3/h8,17H,4-7,13H2,1-3H3,(H,14,18). The summed E-state index contributed by atoms with van der Waals surface area (Å²) >= 11 is 1.28. The van der Waals surface area contributed by atoms with E-state index in [1.54, 1.807) is 0 Å². The Bertz CT molecular complexity index is 420. The normalized spacial score (nSPS) is 12.2. The number of carbonyl (C=O) groups excluding carboxylic acids is 1. The minimum Gasteiger partial charge on any atom is -0.396 e. The molecule has 0 bridgehead atoms. The Kier molecular flexibility index (Phi) is 6.04. The van der Waals surface area contributed by atoms with E-state index in [2.05, 4.69) is 10.3 Å². The molecule has 1 heterocycles. The summed E-state index contributed by atoms with van der Waals surface area (Å²) in [5, 5.41) is 12.5. The van der Waals surface area contributed by atoms with Crippen molar-refractivity contribution in [3.8, 4) is 0 Å². The first-order valence-electron chi connectivity index (χ1n) is 6.32.